The largest absolute Gasteiger partial charge is 0.299 e. The predicted molar refractivity (Wildman–Crippen MR) is 80.9 cm³/mol. The Labute approximate surface area is 120 Å². The highest BCUT2D eigenvalue weighted by molar-refractivity contribution is 6.09. The van der Waals surface area contributed by atoms with Gasteiger partial charge in [-0.25, -0.2) is 0 Å². The number of carbonyl (C=O) groups excluding carboxylic acids is 2. The Bertz CT molecular complexity index is 547. The summed E-state index contributed by atoms with van der Waals surface area (Å²) in [5.74, 6) is 0.218. The SMILES string of the molecule is CC(C)c1ccc(C(=O)CC(=O)C2C=CC=CC2)cc1. The van der Waals surface area contributed by atoms with Crippen LogP contribution < -0.4 is 0 Å². The molecule has 2 rings (SSSR count). The third-order valence-corrected chi connectivity index (χ3v) is 3.63. The lowest BCUT2D eigenvalue weighted by atomic mass is 9.91. The van der Waals surface area contributed by atoms with E-state index >= 15 is 0 Å². The van der Waals surface area contributed by atoms with Gasteiger partial charge in [0.15, 0.2) is 5.78 Å². The molecule has 1 aliphatic rings. The molecule has 0 aliphatic heterocycles. The molecule has 1 aliphatic carbocycles. The van der Waals surface area contributed by atoms with Crippen LogP contribution in [0.25, 0.3) is 0 Å². The van der Waals surface area contributed by atoms with Gasteiger partial charge in [-0.1, -0.05) is 62.4 Å². The minimum Gasteiger partial charge on any atom is -0.299 e. The number of ketones is 2. The van der Waals surface area contributed by atoms with Crippen LogP contribution in [0.4, 0.5) is 0 Å². The summed E-state index contributed by atoms with van der Waals surface area (Å²) in [5.41, 5.74) is 1.83. The topological polar surface area (TPSA) is 34.1 Å². The van der Waals surface area contributed by atoms with Crippen molar-refractivity contribution in [1.82, 2.24) is 0 Å². The lowest BCUT2D eigenvalue weighted by molar-refractivity contribution is -0.120. The van der Waals surface area contributed by atoms with Gasteiger partial charge >= 0.3 is 0 Å². The van der Waals surface area contributed by atoms with Crippen molar-refractivity contribution >= 4 is 11.6 Å². The molecule has 1 atom stereocenters. The third kappa shape index (κ3) is 3.53. The van der Waals surface area contributed by atoms with Crippen LogP contribution in [-0.2, 0) is 4.79 Å². The minimum absolute atomic E-state index is 0.00327. The van der Waals surface area contributed by atoms with E-state index in [2.05, 4.69) is 13.8 Å². The quantitative estimate of drug-likeness (QED) is 0.595. The maximum atomic E-state index is 12.1. The average molecular weight is 268 g/mol. The summed E-state index contributed by atoms with van der Waals surface area (Å²) < 4.78 is 0. The number of allylic oxidation sites excluding steroid dienone is 4. The summed E-state index contributed by atoms with van der Waals surface area (Å²) in [6.45, 7) is 4.23. The molecule has 0 saturated carbocycles. The molecule has 0 fully saturated rings. The molecule has 0 heterocycles. The van der Waals surface area contributed by atoms with E-state index in [0.717, 1.165) is 0 Å². The first-order valence-electron chi connectivity index (χ1n) is 7.07. The summed E-state index contributed by atoms with van der Waals surface area (Å²) >= 11 is 0. The van der Waals surface area contributed by atoms with Crippen molar-refractivity contribution in [1.29, 1.82) is 0 Å². The zero-order valence-electron chi connectivity index (χ0n) is 12.0. The molecule has 2 nitrogen and oxygen atoms in total. The zero-order valence-corrected chi connectivity index (χ0v) is 12.0. The number of hydrogen-bond donors (Lipinski definition) is 0. The average Bonchev–Trinajstić information content (AvgIpc) is 2.48. The van der Waals surface area contributed by atoms with E-state index in [4.69, 9.17) is 0 Å². The van der Waals surface area contributed by atoms with Gasteiger partial charge in [0.05, 0.1) is 6.42 Å². The van der Waals surface area contributed by atoms with E-state index in [0.29, 0.717) is 17.9 Å². The van der Waals surface area contributed by atoms with Crippen molar-refractivity contribution in [3.05, 3.63) is 59.7 Å². The molecule has 20 heavy (non-hydrogen) atoms. The number of carbonyl (C=O) groups is 2. The summed E-state index contributed by atoms with van der Waals surface area (Å²) in [7, 11) is 0. The Morgan fingerprint density at radius 2 is 1.85 bits per heavy atom. The molecule has 0 spiro atoms. The summed E-state index contributed by atoms with van der Waals surface area (Å²) in [6, 6.07) is 7.57. The lowest BCUT2D eigenvalue weighted by Gasteiger charge is -2.11. The molecule has 0 saturated heterocycles. The van der Waals surface area contributed by atoms with Crippen molar-refractivity contribution in [2.45, 2.75) is 32.6 Å². The highest BCUT2D eigenvalue weighted by Crippen LogP contribution is 2.18. The Hall–Kier alpha value is -1.96. The minimum atomic E-state index is -0.140. The standard InChI is InChI=1S/C18H20O2/c1-13(2)14-8-10-16(11-9-14)18(20)12-17(19)15-6-4-3-5-7-15/h3-6,8-11,13,15H,7,12H2,1-2H3. The molecule has 1 aromatic carbocycles. The van der Waals surface area contributed by atoms with E-state index in [1.807, 2.05) is 48.6 Å². The monoisotopic (exact) mass is 268 g/mol. The molecular weight excluding hydrogens is 248 g/mol. The van der Waals surface area contributed by atoms with Crippen LogP contribution in [-0.4, -0.2) is 11.6 Å². The van der Waals surface area contributed by atoms with E-state index in [1.165, 1.54) is 5.56 Å². The molecule has 104 valence electrons. The van der Waals surface area contributed by atoms with Crippen molar-refractivity contribution in [3.63, 3.8) is 0 Å². The molecule has 0 bridgehead atoms. The molecule has 0 N–H and O–H groups in total. The number of rotatable bonds is 5. The van der Waals surface area contributed by atoms with Gasteiger partial charge in [0.2, 0.25) is 0 Å². The molecule has 0 radical (unpaired) electrons. The summed E-state index contributed by atoms with van der Waals surface area (Å²) in [5, 5.41) is 0. The summed E-state index contributed by atoms with van der Waals surface area (Å²) in [6.07, 6.45) is 8.32. The molecular formula is C18H20O2. The fraction of sp³-hybridized carbons (Fsp3) is 0.333. The second-order valence-electron chi connectivity index (χ2n) is 5.50. The number of benzene rings is 1. The van der Waals surface area contributed by atoms with Crippen LogP contribution in [0.5, 0.6) is 0 Å². The number of hydrogen-bond acceptors (Lipinski definition) is 2. The third-order valence-electron chi connectivity index (χ3n) is 3.63. The number of Topliss-reactive ketones (excluding diaryl/α,β-unsaturated/α-hetero) is 2. The first kappa shape index (κ1) is 14.4. The van der Waals surface area contributed by atoms with Crippen molar-refractivity contribution in [2.75, 3.05) is 0 Å². The van der Waals surface area contributed by atoms with Crippen molar-refractivity contribution in [2.24, 2.45) is 5.92 Å². The van der Waals surface area contributed by atoms with Crippen LogP contribution in [0.1, 0.15) is 48.5 Å². The van der Waals surface area contributed by atoms with Gasteiger partial charge in [-0.2, -0.15) is 0 Å². The highest BCUT2D eigenvalue weighted by Gasteiger charge is 2.19. The zero-order chi connectivity index (χ0) is 14.5. The fourth-order valence-corrected chi connectivity index (χ4v) is 2.26. The smallest absolute Gasteiger partial charge is 0.170 e. The lowest BCUT2D eigenvalue weighted by Crippen LogP contribution is -2.17. The Morgan fingerprint density at radius 3 is 2.40 bits per heavy atom. The molecule has 1 aromatic rings. The normalized spacial score (nSPS) is 17.4. The summed E-state index contributed by atoms with van der Waals surface area (Å²) in [4.78, 5) is 24.2. The first-order chi connectivity index (χ1) is 9.58. The Balaban J connectivity index is 1.99. The van der Waals surface area contributed by atoms with Crippen LogP contribution >= 0.6 is 0 Å². The highest BCUT2D eigenvalue weighted by atomic mass is 16.1. The van der Waals surface area contributed by atoms with Gasteiger partial charge in [0.25, 0.3) is 0 Å². The molecule has 0 aromatic heterocycles. The van der Waals surface area contributed by atoms with Gasteiger partial charge in [0.1, 0.15) is 5.78 Å². The van der Waals surface area contributed by atoms with E-state index in [9.17, 15) is 9.59 Å². The maximum Gasteiger partial charge on any atom is 0.170 e. The van der Waals surface area contributed by atoms with E-state index in [-0.39, 0.29) is 23.9 Å². The van der Waals surface area contributed by atoms with E-state index in [1.54, 1.807) is 0 Å². The Morgan fingerprint density at radius 1 is 1.15 bits per heavy atom. The Kier molecular flexibility index (Phi) is 4.67. The van der Waals surface area contributed by atoms with Gasteiger partial charge in [-0.05, 0) is 17.9 Å². The van der Waals surface area contributed by atoms with Gasteiger partial charge in [-0.3, -0.25) is 9.59 Å². The second kappa shape index (κ2) is 6.47. The van der Waals surface area contributed by atoms with Crippen molar-refractivity contribution < 1.29 is 9.59 Å². The predicted octanol–water partition coefficient (Wildman–Crippen LogP) is 4.08. The van der Waals surface area contributed by atoms with Crippen LogP contribution in [0, 0.1) is 5.92 Å². The van der Waals surface area contributed by atoms with Gasteiger partial charge in [0, 0.05) is 11.5 Å². The van der Waals surface area contributed by atoms with Gasteiger partial charge in [-0.15, -0.1) is 0 Å². The van der Waals surface area contributed by atoms with Crippen LogP contribution in [0.3, 0.4) is 0 Å². The van der Waals surface area contributed by atoms with E-state index < -0.39 is 0 Å². The van der Waals surface area contributed by atoms with Crippen LogP contribution in [0.15, 0.2) is 48.6 Å². The second-order valence-corrected chi connectivity index (χ2v) is 5.50. The first-order valence-corrected chi connectivity index (χ1v) is 7.07. The van der Waals surface area contributed by atoms with Gasteiger partial charge < -0.3 is 0 Å². The van der Waals surface area contributed by atoms with Crippen LogP contribution in [0.2, 0.25) is 0 Å². The maximum absolute atomic E-state index is 12.1. The molecule has 2 heteroatoms. The molecule has 0 amide bonds. The van der Waals surface area contributed by atoms with Crippen molar-refractivity contribution in [3.8, 4) is 0 Å². The molecule has 1 unspecified atom stereocenters. The fourth-order valence-electron chi connectivity index (χ4n) is 2.26.